The molecular formula is C12H24N2S. The number of nitrogens with one attached hydrogen (secondary N) is 1. The summed E-state index contributed by atoms with van der Waals surface area (Å²) < 4.78 is 0. The van der Waals surface area contributed by atoms with Crippen LogP contribution >= 0.6 is 11.8 Å². The maximum atomic E-state index is 3.49. The van der Waals surface area contributed by atoms with Crippen LogP contribution in [-0.4, -0.2) is 40.7 Å². The van der Waals surface area contributed by atoms with Crippen molar-refractivity contribution in [3.05, 3.63) is 0 Å². The fraction of sp³-hybridized carbons (Fsp3) is 1.00. The summed E-state index contributed by atoms with van der Waals surface area (Å²) in [5.74, 6) is 1.35. The molecule has 0 amide bonds. The molecule has 88 valence electrons. The second-order valence-electron chi connectivity index (χ2n) is 5.72. The Morgan fingerprint density at radius 3 is 2.47 bits per heavy atom. The summed E-state index contributed by atoms with van der Waals surface area (Å²) in [7, 11) is 0. The fourth-order valence-corrected chi connectivity index (χ4v) is 4.61. The quantitative estimate of drug-likeness (QED) is 0.685. The average molecular weight is 228 g/mol. The summed E-state index contributed by atoms with van der Waals surface area (Å²) >= 11 is 2.21. The van der Waals surface area contributed by atoms with E-state index in [0.717, 1.165) is 0 Å². The molecule has 15 heavy (non-hydrogen) atoms. The summed E-state index contributed by atoms with van der Waals surface area (Å²) in [6.07, 6.45) is 3.99. The van der Waals surface area contributed by atoms with Gasteiger partial charge in [-0.1, -0.05) is 0 Å². The van der Waals surface area contributed by atoms with Gasteiger partial charge in [0.05, 0.1) is 4.87 Å². The highest BCUT2D eigenvalue weighted by atomic mass is 32.2. The van der Waals surface area contributed by atoms with Gasteiger partial charge in [0.15, 0.2) is 0 Å². The molecule has 2 heterocycles. The zero-order chi connectivity index (χ0) is 10.9. The van der Waals surface area contributed by atoms with Crippen LogP contribution in [0.3, 0.4) is 0 Å². The van der Waals surface area contributed by atoms with Crippen molar-refractivity contribution in [3.8, 4) is 0 Å². The monoisotopic (exact) mass is 228 g/mol. The van der Waals surface area contributed by atoms with Crippen molar-refractivity contribution in [3.63, 3.8) is 0 Å². The molecule has 2 saturated heterocycles. The largest absolute Gasteiger partial charge is 0.317 e. The third-order valence-corrected chi connectivity index (χ3v) is 5.24. The van der Waals surface area contributed by atoms with Gasteiger partial charge in [-0.3, -0.25) is 4.90 Å². The molecule has 2 nitrogen and oxygen atoms in total. The Morgan fingerprint density at radius 2 is 1.87 bits per heavy atom. The van der Waals surface area contributed by atoms with E-state index in [0.29, 0.717) is 10.4 Å². The van der Waals surface area contributed by atoms with Crippen LogP contribution in [0.25, 0.3) is 0 Å². The Hall–Kier alpha value is 0.270. The van der Waals surface area contributed by atoms with Crippen LogP contribution < -0.4 is 5.32 Å². The number of thioether (sulfide) groups is 1. The number of rotatable bonds is 0. The van der Waals surface area contributed by atoms with Crippen molar-refractivity contribution in [1.82, 2.24) is 10.2 Å². The maximum absolute atomic E-state index is 3.49. The predicted octanol–water partition coefficient (Wildman–Crippen LogP) is 2.30. The SMILES string of the molecule is CC(C)(C)N1CCCSC12CCNCC2. The Balaban J connectivity index is 2.17. The zero-order valence-electron chi connectivity index (χ0n) is 10.3. The molecule has 0 atom stereocenters. The highest BCUT2D eigenvalue weighted by Gasteiger charge is 2.44. The van der Waals surface area contributed by atoms with Crippen molar-refractivity contribution in [2.24, 2.45) is 0 Å². The molecular weight excluding hydrogens is 204 g/mol. The molecule has 0 bridgehead atoms. The Kier molecular flexibility index (Phi) is 3.34. The lowest BCUT2D eigenvalue weighted by Crippen LogP contribution is -2.61. The van der Waals surface area contributed by atoms with Crippen LogP contribution in [-0.2, 0) is 0 Å². The van der Waals surface area contributed by atoms with E-state index in [-0.39, 0.29) is 0 Å². The van der Waals surface area contributed by atoms with Gasteiger partial charge in [0, 0.05) is 12.1 Å². The third-order valence-electron chi connectivity index (χ3n) is 3.58. The van der Waals surface area contributed by atoms with Crippen molar-refractivity contribution in [2.45, 2.75) is 50.4 Å². The smallest absolute Gasteiger partial charge is 0.0698 e. The first-order chi connectivity index (χ1) is 7.05. The third kappa shape index (κ3) is 2.34. The lowest BCUT2D eigenvalue weighted by Gasteiger charge is -2.54. The van der Waals surface area contributed by atoms with E-state index >= 15 is 0 Å². The van der Waals surface area contributed by atoms with Crippen LogP contribution in [0.15, 0.2) is 0 Å². The molecule has 1 N–H and O–H groups in total. The minimum atomic E-state index is 0.324. The summed E-state index contributed by atoms with van der Waals surface area (Å²) in [4.78, 5) is 3.21. The maximum Gasteiger partial charge on any atom is 0.0698 e. The van der Waals surface area contributed by atoms with Gasteiger partial charge in [-0.05, 0) is 58.9 Å². The van der Waals surface area contributed by atoms with Crippen LogP contribution in [0, 0.1) is 0 Å². The van der Waals surface area contributed by atoms with Crippen LogP contribution in [0.1, 0.15) is 40.0 Å². The molecule has 2 rings (SSSR count). The molecule has 0 aromatic heterocycles. The molecule has 0 aliphatic carbocycles. The topological polar surface area (TPSA) is 15.3 Å². The highest BCUT2D eigenvalue weighted by Crippen LogP contribution is 2.44. The van der Waals surface area contributed by atoms with Gasteiger partial charge in [-0.25, -0.2) is 0 Å². The van der Waals surface area contributed by atoms with E-state index in [4.69, 9.17) is 0 Å². The van der Waals surface area contributed by atoms with E-state index in [9.17, 15) is 0 Å². The molecule has 2 aliphatic rings. The number of piperidine rings is 1. The van der Waals surface area contributed by atoms with E-state index in [2.05, 4.69) is 42.7 Å². The van der Waals surface area contributed by atoms with Gasteiger partial charge in [-0.15, -0.1) is 11.8 Å². The molecule has 0 unspecified atom stereocenters. The Morgan fingerprint density at radius 1 is 1.20 bits per heavy atom. The average Bonchev–Trinajstić information content (AvgIpc) is 2.18. The minimum absolute atomic E-state index is 0.324. The standard InChI is InChI=1S/C12H24N2S/c1-11(2,3)14-9-4-10-15-12(14)5-7-13-8-6-12/h13H,4-10H2,1-3H3. The molecule has 2 aliphatic heterocycles. The normalized spacial score (nSPS) is 28.2. The zero-order valence-corrected chi connectivity index (χ0v) is 11.1. The van der Waals surface area contributed by atoms with Crippen molar-refractivity contribution >= 4 is 11.8 Å². The minimum Gasteiger partial charge on any atom is -0.317 e. The summed E-state index contributed by atoms with van der Waals surface area (Å²) in [6, 6.07) is 0. The molecule has 0 radical (unpaired) electrons. The van der Waals surface area contributed by atoms with Crippen molar-refractivity contribution < 1.29 is 0 Å². The molecule has 2 fully saturated rings. The number of hydrogen-bond acceptors (Lipinski definition) is 3. The first-order valence-corrected chi connectivity index (χ1v) is 7.16. The first-order valence-electron chi connectivity index (χ1n) is 6.17. The lowest BCUT2D eigenvalue weighted by molar-refractivity contribution is 0.0377. The van der Waals surface area contributed by atoms with Crippen LogP contribution in [0.5, 0.6) is 0 Å². The predicted molar refractivity (Wildman–Crippen MR) is 68.4 cm³/mol. The number of nitrogens with zero attached hydrogens (tertiary/aromatic N) is 1. The summed E-state index contributed by atoms with van der Waals surface area (Å²) in [6.45, 7) is 10.8. The van der Waals surface area contributed by atoms with Gasteiger partial charge in [-0.2, -0.15) is 0 Å². The Labute approximate surface area is 98.2 Å². The lowest BCUT2D eigenvalue weighted by atomic mass is 9.95. The van der Waals surface area contributed by atoms with E-state index < -0.39 is 0 Å². The van der Waals surface area contributed by atoms with Gasteiger partial charge in [0.25, 0.3) is 0 Å². The van der Waals surface area contributed by atoms with Gasteiger partial charge in [0.1, 0.15) is 0 Å². The second-order valence-corrected chi connectivity index (χ2v) is 7.18. The Bertz CT molecular complexity index is 208. The van der Waals surface area contributed by atoms with Crippen molar-refractivity contribution in [1.29, 1.82) is 0 Å². The van der Waals surface area contributed by atoms with Gasteiger partial charge >= 0.3 is 0 Å². The van der Waals surface area contributed by atoms with Gasteiger partial charge in [0.2, 0.25) is 0 Å². The first kappa shape index (κ1) is 11.7. The van der Waals surface area contributed by atoms with E-state index in [1.165, 1.54) is 44.6 Å². The molecule has 0 aromatic rings. The van der Waals surface area contributed by atoms with Gasteiger partial charge < -0.3 is 5.32 Å². The summed E-state index contributed by atoms with van der Waals surface area (Å²) in [5, 5.41) is 3.49. The molecule has 0 saturated carbocycles. The molecule has 0 aromatic carbocycles. The molecule has 1 spiro atoms. The van der Waals surface area contributed by atoms with E-state index in [1.54, 1.807) is 0 Å². The highest BCUT2D eigenvalue weighted by molar-refractivity contribution is 8.00. The van der Waals surface area contributed by atoms with E-state index in [1.807, 2.05) is 0 Å². The molecule has 3 heteroatoms. The summed E-state index contributed by atoms with van der Waals surface area (Å²) in [5.41, 5.74) is 0.324. The second kappa shape index (κ2) is 4.27. The fourth-order valence-electron chi connectivity index (χ4n) is 2.94. The van der Waals surface area contributed by atoms with Crippen LogP contribution in [0.2, 0.25) is 0 Å². The van der Waals surface area contributed by atoms with Crippen LogP contribution in [0.4, 0.5) is 0 Å². The van der Waals surface area contributed by atoms with Crippen molar-refractivity contribution in [2.75, 3.05) is 25.4 Å². The number of hydrogen-bond donors (Lipinski definition) is 1.